The first-order valence-corrected chi connectivity index (χ1v) is 12.6. The van der Waals surface area contributed by atoms with Crippen LogP contribution in [0.25, 0.3) is 22.8 Å². The molecule has 2 saturated carbocycles. The topological polar surface area (TPSA) is 88.0 Å². The normalized spacial score (nSPS) is 18.0. The van der Waals surface area contributed by atoms with Crippen molar-refractivity contribution in [1.29, 1.82) is 0 Å². The predicted octanol–water partition coefficient (Wildman–Crippen LogP) is 6.36. The van der Waals surface area contributed by atoms with E-state index in [9.17, 15) is 23.1 Å². The molecule has 1 aromatic heterocycles. The number of amides is 1. The zero-order valence-corrected chi connectivity index (χ0v) is 21.0. The monoisotopic (exact) mass is 530 g/mol. The van der Waals surface area contributed by atoms with Gasteiger partial charge in [0.2, 0.25) is 5.91 Å². The molecule has 2 aromatic carbocycles. The van der Waals surface area contributed by atoms with Crippen LogP contribution in [0.3, 0.4) is 0 Å². The number of carbonyl (C=O) groups excluding carboxylic acids is 1. The lowest BCUT2D eigenvalue weighted by Crippen LogP contribution is -2.48. The van der Waals surface area contributed by atoms with Crippen LogP contribution in [0.2, 0.25) is 5.02 Å². The molecule has 0 atom stereocenters. The number of hydrogen-bond donors (Lipinski definition) is 2. The third-order valence-corrected chi connectivity index (χ3v) is 7.93. The van der Waals surface area contributed by atoms with Crippen LogP contribution in [0.5, 0.6) is 6.01 Å². The van der Waals surface area contributed by atoms with Crippen LogP contribution in [0, 0.1) is 5.41 Å². The van der Waals surface area contributed by atoms with Crippen LogP contribution in [0.1, 0.15) is 56.6 Å². The summed E-state index contributed by atoms with van der Waals surface area (Å²) in [7, 11) is 0. The zero-order chi connectivity index (χ0) is 26.4. The SMILES string of the molecule is CC1(c2cccc(-c3nc(O)nc(-c4cc(CNC(=O)C5(C(F)(F)F)CCCC5)ccc4Cl)n3)c2)CC1. The molecule has 0 bridgehead atoms. The maximum absolute atomic E-state index is 13.7. The van der Waals surface area contributed by atoms with Crippen molar-refractivity contribution in [3.05, 3.63) is 58.6 Å². The fourth-order valence-electron chi connectivity index (χ4n) is 4.95. The van der Waals surface area contributed by atoms with Crippen molar-refractivity contribution >= 4 is 17.5 Å². The molecular formula is C27H26ClF3N4O2. The Morgan fingerprint density at radius 2 is 1.73 bits per heavy atom. The molecule has 0 unspecified atom stereocenters. The fourth-order valence-corrected chi connectivity index (χ4v) is 5.15. The second-order valence-electron chi connectivity index (χ2n) is 10.2. The highest BCUT2D eigenvalue weighted by Gasteiger charge is 2.60. The summed E-state index contributed by atoms with van der Waals surface area (Å²) in [5, 5.41) is 13.0. The van der Waals surface area contributed by atoms with Gasteiger partial charge in [-0.05, 0) is 60.4 Å². The highest BCUT2D eigenvalue weighted by atomic mass is 35.5. The molecule has 0 radical (unpaired) electrons. The summed E-state index contributed by atoms with van der Waals surface area (Å²) in [6.45, 7) is 2.07. The van der Waals surface area contributed by atoms with E-state index in [1.165, 1.54) is 5.56 Å². The van der Waals surface area contributed by atoms with Crippen LogP contribution in [-0.4, -0.2) is 32.1 Å². The van der Waals surface area contributed by atoms with Gasteiger partial charge in [0.15, 0.2) is 11.6 Å². The molecule has 10 heteroatoms. The highest BCUT2D eigenvalue weighted by Crippen LogP contribution is 2.51. The molecule has 1 amide bonds. The summed E-state index contributed by atoms with van der Waals surface area (Å²) in [4.78, 5) is 25.3. The van der Waals surface area contributed by atoms with E-state index in [0.29, 0.717) is 24.0 Å². The number of halogens is 4. The summed E-state index contributed by atoms with van der Waals surface area (Å²) >= 11 is 6.40. The number of aromatic nitrogens is 3. The minimum absolute atomic E-state index is 0.117. The minimum atomic E-state index is -4.61. The molecule has 1 heterocycles. The Labute approximate surface area is 217 Å². The second-order valence-corrected chi connectivity index (χ2v) is 10.6. The first-order chi connectivity index (χ1) is 17.5. The van der Waals surface area contributed by atoms with E-state index in [2.05, 4.69) is 33.3 Å². The summed E-state index contributed by atoms with van der Waals surface area (Å²) in [6, 6.07) is 12.1. The summed E-state index contributed by atoms with van der Waals surface area (Å²) in [5.74, 6) is -0.624. The summed E-state index contributed by atoms with van der Waals surface area (Å²) in [5.41, 5.74) is 0.569. The van der Waals surface area contributed by atoms with Crippen molar-refractivity contribution in [3.63, 3.8) is 0 Å². The third-order valence-electron chi connectivity index (χ3n) is 7.60. The van der Waals surface area contributed by atoms with Crippen LogP contribution in [0.4, 0.5) is 13.2 Å². The average molecular weight is 531 g/mol. The Morgan fingerprint density at radius 1 is 1.03 bits per heavy atom. The average Bonchev–Trinajstić information content (AvgIpc) is 3.40. The number of nitrogens with zero attached hydrogens (tertiary/aromatic N) is 3. The molecule has 2 aliphatic carbocycles. The number of alkyl halides is 3. The van der Waals surface area contributed by atoms with Crippen molar-refractivity contribution in [1.82, 2.24) is 20.3 Å². The quantitative estimate of drug-likeness (QED) is 0.387. The van der Waals surface area contributed by atoms with Gasteiger partial charge in [-0.2, -0.15) is 23.1 Å². The van der Waals surface area contributed by atoms with Crippen molar-refractivity contribution in [3.8, 4) is 28.8 Å². The van der Waals surface area contributed by atoms with E-state index in [-0.39, 0.29) is 41.5 Å². The van der Waals surface area contributed by atoms with E-state index in [0.717, 1.165) is 18.4 Å². The molecule has 2 fully saturated rings. The van der Waals surface area contributed by atoms with E-state index in [1.54, 1.807) is 18.2 Å². The number of rotatable bonds is 6. The number of carbonyl (C=O) groups is 1. The van der Waals surface area contributed by atoms with E-state index in [1.807, 2.05) is 18.2 Å². The smallest absolute Gasteiger partial charge is 0.403 e. The van der Waals surface area contributed by atoms with E-state index in [4.69, 9.17) is 11.6 Å². The largest absolute Gasteiger partial charge is 0.479 e. The Bertz CT molecular complexity index is 1350. The number of aromatic hydroxyl groups is 1. The van der Waals surface area contributed by atoms with Gasteiger partial charge in [0, 0.05) is 17.7 Å². The maximum Gasteiger partial charge on any atom is 0.403 e. The molecule has 0 spiro atoms. The molecule has 2 aliphatic rings. The van der Waals surface area contributed by atoms with Crippen LogP contribution in [0.15, 0.2) is 42.5 Å². The van der Waals surface area contributed by atoms with Gasteiger partial charge in [-0.25, -0.2) is 4.98 Å². The van der Waals surface area contributed by atoms with Gasteiger partial charge >= 0.3 is 12.2 Å². The van der Waals surface area contributed by atoms with Gasteiger partial charge in [0.1, 0.15) is 5.41 Å². The van der Waals surface area contributed by atoms with Crippen LogP contribution >= 0.6 is 11.6 Å². The number of nitrogens with one attached hydrogen (secondary N) is 1. The number of benzene rings is 2. The van der Waals surface area contributed by atoms with Crippen LogP contribution in [-0.2, 0) is 16.8 Å². The lowest BCUT2D eigenvalue weighted by molar-refractivity contribution is -0.220. The molecule has 0 saturated heterocycles. The summed E-state index contributed by atoms with van der Waals surface area (Å²) < 4.78 is 41.1. The Kier molecular flexibility index (Phi) is 6.38. The van der Waals surface area contributed by atoms with Crippen molar-refractivity contribution < 1.29 is 23.1 Å². The van der Waals surface area contributed by atoms with E-state index >= 15 is 0 Å². The van der Waals surface area contributed by atoms with Crippen LogP contribution < -0.4 is 5.32 Å². The lowest BCUT2D eigenvalue weighted by atomic mass is 9.84. The molecule has 0 aliphatic heterocycles. The Morgan fingerprint density at radius 3 is 2.41 bits per heavy atom. The molecule has 3 aromatic rings. The van der Waals surface area contributed by atoms with Crippen molar-refractivity contribution in [2.75, 3.05) is 0 Å². The van der Waals surface area contributed by atoms with Crippen molar-refractivity contribution in [2.24, 2.45) is 5.41 Å². The standard InChI is InChI=1S/C27H26ClF3N4O2/c1-25(11-12-25)18-6-4-5-17(14-18)21-33-22(35-24(37)34-21)19-13-16(7-8-20(19)28)15-32-23(36)26(27(29,30)31)9-2-3-10-26/h4-8,13-14H,2-3,9-12,15H2,1H3,(H,32,36)(H,33,34,35,37). The molecule has 37 heavy (non-hydrogen) atoms. The van der Waals surface area contributed by atoms with Gasteiger partial charge in [-0.3, -0.25) is 4.79 Å². The predicted molar refractivity (Wildman–Crippen MR) is 133 cm³/mol. The molecule has 6 nitrogen and oxygen atoms in total. The van der Waals surface area contributed by atoms with Crippen molar-refractivity contribution in [2.45, 2.75) is 63.6 Å². The van der Waals surface area contributed by atoms with Gasteiger partial charge in [-0.1, -0.05) is 55.6 Å². The fraction of sp³-hybridized carbons (Fsp3) is 0.407. The third kappa shape index (κ3) is 4.89. The first kappa shape index (κ1) is 25.4. The van der Waals surface area contributed by atoms with Gasteiger partial charge in [0.05, 0.1) is 5.02 Å². The van der Waals surface area contributed by atoms with Gasteiger partial charge < -0.3 is 10.4 Å². The molecule has 5 rings (SSSR count). The van der Waals surface area contributed by atoms with Gasteiger partial charge in [-0.15, -0.1) is 0 Å². The maximum atomic E-state index is 13.7. The second kappa shape index (κ2) is 9.28. The first-order valence-electron chi connectivity index (χ1n) is 12.2. The lowest BCUT2D eigenvalue weighted by Gasteiger charge is -2.30. The van der Waals surface area contributed by atoms with Gasteiger partial charge in [0.25, 0.3) is 0 Å². The number of hydrogen-bond acceptors (Lipinski definition) is 5. The van der Waals surface area contributed by atoms with E-state index < -0.39 is 23.5 Å². The summed E-state index contributed by atoms with van der Waals surface area (Å²) in [6.07, 6.45) is -2.08. The molecule has 2 N–H and O–H groups in total. The molecule has 194 valence electrons. The highest BCUT2D eigenvalue weighted by molar-refractivity contribution is 6.33. The Balaban J connectivity index is 1.41. The Hall–Kier alpha value is -3.20. The molecular weight excluding hydrogens is 505 g/mol. The minimum Gasteiger partial charge on any atom is -0.479 e. The zero-order valence-electron chi connectivity index (χ0n) is 20.2.